The van der Waals surface area contributed by atoms with E-state index >= 15 is 0 Å². The summed E-state index contributed by atoms with van der Waals surface area (Å²) in [6, 6.07) is 27.7. The number of para-hydroxylation sites is 2. The van der Waals surface area contributed by atoms with Crippen molar-refractivity contribution in [1.29, 1.82) is 0 Å². The van der Waals surface area contributed by atoms with Crippen molar-refractivity contribution in [2.45, 2.75) is 6.17 Å². The van der Waals surface area contributed by atoms with Crippen LogP contribution < -0.4 is 10.2 Å². The number of rotatable bonds is 5. The van der Waals surface area contributed by atoms with Crippen LogP contribution in [-0.4, -0.2) is 47.6 Å². The topological polar surface area (TPSA) is 80.7 Å². The highest BCUT2D eigenvalue weighted by molar-refractivity contribution is 6.16. The van der Waals surface area contributed by atoms with Crippen molar-refractivity contribution in [3.05, 3.63) is 102 Å². The fourth-order valence-electron chi connectivity index (χ4n) is 4.18. The number of benzene rings is 3. The number of aliphatic hydroxyl groups is 1. The Morgan fingerprint density at radius 3 is 2.59 bits per heavy atom. The quantitative estimate of drug-likeness (QED) is 0.458. The van der Waals surface area contributed by atoms with Crippen molar-refractivity contribution in [1.82, 2.24) is 10.3 Å². The van der Waals surface area contributed by atoms with Gasteiger partial charge in [-0.15, -0.1) is 0 Å². The number of benzodiazepines with no additional fused rings is 1. The number of aliphatic imine (C=N–C) groups is 1. The van der Waals surface area contributed by atoms with Crippen LogP contribution in [0, 0.1) is 0 Å². The smallest absolute Gasteiger partial charge is 0.269 e. The lowest BCUT2D eigenvalue weighted by atomic mass is 10.0. The Balaban J connectivity index is 1.53. The van der Waals surface area contributed by atoms with Crippen molar-refractivity contribution >= 4 is 28.2 Å². The highest BCUT2D eigenvalue weighted by atomic mass is 16.3. The Morgan fingerprint density at radius 2 is 1.78 bits per heavy atom. The molecule has 160 valence electrons. The van der Waals surface area contributed by atoms with Gasteiger partial charge < -0.3 is 20.3 Å². The first-order valence-electron chi connectivity index (χ1n) is 10.7. The summed E-state index contributed by atoms with van der Waals surface area (Å²) in [4.78, 5) is 23.3. The molecule has 5 rings (SSSR count). The van der Waals surface area contributed by atoms with Gasteiger partial charge in [-0.3, -0.25) is 9.79 Å². The molecule has 32 heavy (non-hydrogen) atoms. The Hall–Kier alpha value is -3.90. The summed E-state index contributed by atoms with van der Waals surface area (Å²) in [6.45, 7) is 0.922. The van der Waals surface area contributed by atoms with Gasteiger partial charge in [0.05, 0.1) is 18.9 Å². The number of anilines is 1. The molecule has 1 amide bonds. The minimum atomic E-state index is -0.483. The third-order valence-electron chi connectivity index (χ3n) is 5.67. The number of hydrogen-bond acceptors (Lipinski definition) is 4. The largest absolute Gasteiger partial charge is 0.395 e. The van der Waals surface area contributed by atoms with E-state index in [1.54, 1.807) is 0 Å². The van der Waals surface area contributed by atoms with E-state index in [9.17, 15) is 9.90 Å². The lowest BCUT2D eigenvalue weighted by Gasteiger charge is -2.26. The molecule has 3 aromatic carbocycles. The average Bonchev–Trinajstić information content (AvgIpc) is 3.21. The number of carbonyl (C=O) groups excluding carboxylic acids is 1. The molecule has 0 saturated heterocycles. The number of aromatic amines is 1. The van der Waals surface area contributed by atoms with Gasteiger partial charge in [-0.1, -0.05) is 66.7 Å². The summed E-state index contributed by atoms with van der Waals surface area (Å²) < 4.78 is 0. The molecule has 0 bridgehead atoms. The number of nitrogens with zero attached hydrogens (tertiary/aromatic N) is 2. The molecule has 0 radical (unpaired) electrons. The molecule has 6 nitrogen and oxygen atoms in total. The molecule has 0 aliphatic carbocycles. The van der Waals surface area contributed by atoms with Crippen molar-refractivity contribution < 1.29 is 9.90 Å². The number of amides is 1. The fraction of sp³-hybridized carbons (Fsp3) is 0.154. The van der Waals surface area contributed by atoms with Crippen LogP contribution in [0.3, 0.4) is 0 Å². The third-order valence-corrected chi connectivity index (χ3v) is 5.67. The number of fused-ring (bicyclic) bond motifs is 2. The van der Waals surface area contributed by atoms with Crippen LogP contribution >= 0.6 is 0 Å². The Morgan fingerprint density at radius 1 is 1.03 bits per heavy atom. The van der Waals surface area contributed by atoms with Gasteiger partial charge in [0.1, 0.15) is 11.9 Å². The van der Waals surface area contributed by atoms with Crippen LogP contribution in [0.1, 0.15) is 21.6 Å². The van der Waals surface area contributed by atoms with Crippen molar-refractivity contribution in [2.75, 3.05) is 24.6 Å². The standard InChI is InChI=1S/C26H24N4O2/c31-15-14-30-17-24(29-26(32)22-16-19-10-4-6-12-21(19)27-22)28-25(18-8-2-1-3-9-18)20-11-5-7-13-23(20)30/h1-13,16,24,27,31H,14-15,17H2,(H,29,32). The summed E-state index contributed by atoms with van der Waals surface area (Å²) in [5.41, 5.74) is 5.19. The van der Waals surface area contributed by atoms with Crippen LogP contribution in [-0.2, 0) is 0 Å². The molecule has 1 aromatic heterocycles. The molecule has 0 saturated carbocycles. The molecule has 0 spiro atoms. The molecule has 6 heteroatoms. The Labute approximate surface area is 186 Å². The number of carbonyl (C=O) groups is 1. The van der Waals surface area contributed by atoms with Gasteiger partial charge in [0.25, 0.3) is 5.91 Å². The van der Waals surface area contributed by atoms with Crippen LogP contribution in [0.4, 0.5) is 5.69 Å². The molecule has 1 aliphatic heterocycles. The summed E-state index contributed by atoms with van der Waals surface area (Å²) in [6.07, 6.45) is -0.483. The number of H-pyrrole nitrogens is 1. The van der Waals surface area contributed by atoms with Crippen molar-refractivity contribution in [3.63, 3.8) is 0 Å². The van der Waals surface area contributed by atoms with Crippen LogP contribution in [0.25, 0.3) is 10.9 Å². The molecule has 2 heterocycles. The van der Waals surface area contributed by atoms with Gasteiger partial charge in [-0.25, -0.2) is 0 Å². The van der Waals surface area contributed by atoms with Crippen LogP contribution in [0.15, 0.2) is 89.9 Å². The zero-order valence-electron chi connectivity index (χ0n) is 17.5. The number of aromatic nitrogens is 1. The van der Waals surface area contributed by atoms with E-state index in [1.165, 1.54) is 0 Å². The van der Waals surface area contributed by atoms with Crippen LogP contribution in [0.2, 0.25) is 0 Å². The minimum Gasteiger partial charge on any atom is -0.395 e. The van der Waals surface area contributed by atoms with E-state index < -0.39 is 6.17 Å². The van der Waals surface area contributed by atoms with Crippen molar-refractivity contribution in [2.24, 2.45) is 4.99 Å². The number of β-amino-alcohol motifs (C(OH)–C–C–N with tert-alkyl or cyclic N) is 1. The highest BCUT2D eigenvalue weighted by Crippen LogP contribution is 2.27. The molecule has 0 fully saturated rings. The SMILES string of the molecule is O=C(NC1CN(CCO)c2ccccc2C(c2ccccc2)=N1)c1cc2ccccc2[nH]1. The first-order chi connectivity index (χ1) is 15.7. The monoisotopic (exact) mass is 424 g/mol. The van der Waals surface area contributed by atoms with Gasteiger partial charge in [0, 0.05) is 34.3 Å². The zero-order valence-corrected chi connectivity index (χ0v) is 17.5. The van der Waals surface area contributed by atoms with E-state index in [0.29, 0.717) is 18.8 Å². The lowest BCUT2D eigenvalue weighted by Crippen LogP contribution is -2.43. The van der Waals surface area contributed by atoms with Gasteiger partial charge in [0.15, 0.2) is 0 Å². The molecule has 1 aliphatic rings. The zero-order chi connectivity index (χ0) is 21.9. The molecule has 1 unspecified atom stereocenters. The predicted octanol–water partition coefficient (Wildman–Crippen LogP) is 3.57. The summed E-state index contributed by atoms with van der Waals surface area (Å²) in [5.74, 6) is -0.211. The Kier molecular flexibility index (Phi) is 5.44. The normalized spacial score (nSPS) is 15.7. The molecule has 1 atom stereocenters. The third kappa shape index (κ3) is 3.88. The van der Waals surface area contributed by atoms with Gasteiger partial charge >= 0.3 is 0 Å². The maximum Gasteiger partial charge on any atom is 0.269 e. The first kappa shape index (κ1) is 20.0. The second kappa shape index (κ2) is 8.69. The molecular weight excluding hydrogens is 400 g/mol. The number of hydrogen-bond donors (Lipinski definition) is 3. The van der Waals surface area contributed by atoms with Gasteiger partial charge in [-0.2, -0.15) is 0 Å². The van der Waals surface area contributed by atoms with E-state index in [4.69, 9.17) is 4.99 Å². The Bertz CT molecular complexity index is 1250. The first-order valence-corrected chi connectivity index (χ1v) is 10.7. The highest BCUT2D eigenvalue weighted by Gasteiger charge is 2.26. The summed E-state index contributed by atoms with van der Waals surface area (Å²) in [5, 5.41) is 13.7. The van der Waals surface area contributed by atoms with Gasteiger partial charge in [0.2, 0.25) is 0 Å². The average molecular weight is 425 g/mol. The summed E-state index contributed by atoms with van der Waals surface area (Å²) >= 11 is 0. The predicted molar refractivity (Wildman–Crippen MR) is 127 cm³/mol. The molecular formula is C26H24N4O2. The van der Waals surface area contributed by atoms with Crippen LogP contribution in [0.5, 0.6) is 0 Å². The van der Waals surface area contributed by atoms with E-state index in [-0.39, 0.29) is 12.5 Å². The maximum absolute atomic E-state index is 13.1. The van der Waals surface area contributed by atoms with Gasteiger partial charge in [-0.05, 0) is 18.2 Å². The number of aliphatic hydroxyl groups excluding tert-OH is 1. The molecule has 4 aromatic rings. The second-order valence-corrected chi connectivity index (χ2v) is 7.79. The maximum atomic E-state index is 13.1. The molecule has 3 N–H and O–H groups in total. The summed E-state index contributed by atoms with van der Waals surface area (Å²) in [7, 11) is 0. The fourth-order valence-corrected chi connectivity index (χ4v) is 4.18. The minimum absolute atomic E-state index is 0.0116. The second-order valence-electron chi connectivity index (χ2n) is 7.79. The van der Waals surface area contributed by atoms with E-state index in [0.717, 1.165) is 33.4 Å². The van der Waals surface area contributed by atoms with Crippen molar-refractivity contribution in [3.8, 4) is 0 Å². The lowest BCUT2D eigenvalue weighted by molar-refractivity contribution is 0.0935. The van der Waals surface area contributed by atoms with E-state index in [2.05, 4.69) is 15.2 Å². The van der Waals surface area contributed by atoms with E-state index in [1.807, 2.05) is 84.9 Å². The number of nitrogens with one attached hydrogen (secondary N) is 2.